The molecule has 0 spiro atoms. The Balaban J connectivity index is 2.08. The fraction of sp³-hybridized carbons (Fsp3) is 0.263. The summed E-state index contributed by atoms with van der Waals surface area (Å²) >= 11 is 3.34. The van der Waals surface area contributed by atoms with Crippen molar-refractivity contribution in [2.45, 2.75) is 27.2 Å². The molecule has 1 aromatic heterocycles. The van der Waals surface area contributed by atoms with Crippen molar-refractivity contribution in [3.05, 3.63) is 56.8 Å². The van der Waals surface area contributed by atoms with Crippen LogP contribution >= 0.6 is 15.9 Å². The van der Waals surface area contributed by atoms with Gasteiger partial charge < -0.3 is 9.72 Å². The zero-order chi connectivity index (χ0) is 20.8. The Morgan fingerprint density at radius 1 is 1.14 bits per heavy atom. The highest BCUT2D eigenvalue weighted by Crippen LogP contribution is 2.23. The molecule has 0 bridgehead atoms. The molecule has 0 aliphatic heterocycles. The zero-order valence-corrected chi connectivity index (χ0v) is 17.2. The van der Waals surface area contributed by atoms with E-state index in [1.54, 1.807) is 32.0 Å². The fourth-order valence-electron chi connectivity index (χ4n) is 2.63. The van der Waals surface area contributed by atoms with E-state index < -0.39 is 17.8 Å². The molecule has 0 aliphatic carbocycles. The van der Waals surface area contributed by atoms with Crippen molar-refractivity contribution in [3.63, 3.8) is 0 Å². The van der Waals surface area contributed by atoms with Gasteiger partial charge in [0.25, 0.3) is 5.91 Å². The van der Waals surface area contributed by atoms with E-state index in [1.807, 2.05) is 6.07 Å². The molecule has 1 aromatic carbocycles. The number of aromatic nitrogens is 1. The van der Waals surface area contributed by atoms with E-state index in [9.17, 15) is 19.2 Å². The first-order valence-electron chi connectivity index (χ1n) is 8.42. The number of amides is 2. The molecule has 0 unspecified atom stereocenters. The topological polar surface area (TPSA) is 117 Å². The molecule has 0 fully saturated rings. The van der Waals surface area contributed by atoms with Crippen molar-refractivity contribution < 1.29 is 23.9 Å². The molecule has 3 N–H and O–H groups in total. The Hall–Kier alpha value is -2.94. The largest absolute Gasteiger partial charge is 0.465 e. The Bertz CT molecular complexity index is 936. The number of aryl methyl sites for hydroxylation is 1. The van der Waals surface area contributed by atoms with E-state index >= 15 is 0 Å². The van der Waals surface area contributed by atoms with Crippen LogP contribution in [0.3, 0.4) is 0 Å². The summed E-state index contributed by atoms with van der Waals surface area (Å²) < 4.78 is 5.44. The minimum absolute atomic E-state index is 0.0804. The summed E-state index contributed by atoms with van der Waals surface area (Å²) in [6.45, 7) is 4.52. The maximum Gasteiger partial charge on any atom is 0.302 e. The van der Waals surface area contributed by atoms with Crippen LogP contribution in [0, 0.1) is 13.8 Å². The SMILES string of the molecule is CC(=O)OCCC(=O)NNC(=O)c1[nH]c(C)c(C(=O)c2cccc(Br)c2)c1C. The molecule has 1 heterocycles. The van der Waals surface area contributed by atoms with Gasteiger partial charge in [-0.05, 0) is 31.5 Å². The monoisotopic (exact) mass is 449 g/mol. The third kappa shape index (κ3) is 5.29. The minimum Gasteiger partial charge on any atom is -0.465 e. The predicted octanol–water partition coefficient (Wildman–Crippen LogP) is 2.34. The molecular weight excluding hydrogens is 430 g/mol. The molecule has 2 rings (SSSR count). The number of benzene rings is 1. The van der Waals surface area contributed by atoms with E-state index in [0.29, 0.717) is 22.4 Å². The highest BCUT2D eigenvalue weighted by molar-refractivity contribution is 9.10. The Morgan fingerprint density at radius 3 is 2.50 bits per heavy atom. The summed E-state index contributed by atoms with van der Waals surface area (Å²) in [5.41, 5.74) is 6.62. The second-order valence-electron chi connectivity index (χ2n) is 6.06. The van der Waals surface area contributed by atoms with E-state index in [4.69, 9.17) is 0 Å². The lowest BCUT2D eigenvalue weighted by Gasteiger charge is -2.07. The number of carbonyl (C=O) groups excluding carboxylic acids is 4. The van der Waals surface area contributed by atoms with Gasteiger partial charge in [-0.2, -0.15) is 0 Å². The zero-order valence-electron chi connectivity index (χ0n) is 15.6. The number of rotatable bonds is 6. The highest BCUT2D eigenvalue weighted by Gasteiger charge is 2.23. The number of halogens is 1. The maximum absolute atomic E-state index is 12.8. The second kappa shape index (κ2) is 9.32. The van der Waals surface area contributed by atoms with Gasteiger partial charge in [0.2, 0.25) is 5.91 Å². The van der Waals surface area contributed by atoms with Gasteiger partial charge in [-0.1, -0.05) is 28.1 Å². The predicted molar refractivity (Wildman–Crippen MR) is 105 cm³/mol. The number of hydrazine groups is 1. The van der Waals surface area contributed by atoms with Crippen LogP contribution in [0.25, 0.3) is 0 Å². The van der Waals surface area contributed by atoms with Gasteiger partial charge in [0.05, 0.1) is 6.42 Å². The molecule has 0 atom stereocenters. The summed E-state index contributed by atoms with van der Waals surface area (Å²) in [5.74, 6) is -1.80. The van der Waals surface area contributed by atoms with Crippen molar-refractivity contribution in [2.75, 3.05) is 6.61 Å². The lowest BCUT2D eigenvalue weighted by atomic mass is 9.99. The summed E-state index contributed by atoms with van der Waals surface area (Å²) in [5, 5.41) is 0. The van der Waals surface area contributed by atoms with Crippen LogP contribution in [0.15, 0.2) is 28.7 Å². The maximum atomic E-state index is 12.8. The van der Waals surface area contributed by atoms with Crippen LogP contribution < -0.4 is 10.9 Å². The first kappa shape index (κ1) is 21.4. The quantitative estimate of drug-likeness (QED) is 0.355. The van der Waals surface area contributed by atoms with Crippen LogP contribution in [0.5, 0.6) is 0 Å². The summed E-state index contributed by atoms with van der Waals surface area (Å²) in [6.07, 6.45) is -0.0881. The lowest BCUT2D eigenvalue weighted by molar-refractivity contribution is -0.141. The number of hydrogen-bond acceptors (Lipinski definition) is 5. The summed E-state index contributed by atoms with van der Waals surface area (Å²) in [6, 6.07) is 6.98. The number of H-pyrrole nitrogens is 1. The number of ether oxygens (including phenoxy) is 1. The Morgan fingerprint density at radius 2 is 1.86 bits per heavy atom. The second-order valence-corrected chi connectivity index (χ2v) is 6.97. The van der Waals surface area contributed by atoms with Crippen molar-refractivity contribution >= 4 is 39.5 Å². The summed E-state index contributed by atoms with van der Waals surface area (Å²) in [7, 11) is 0. The highest BCUT2D eigenvalue weighted by atomic mass is 79.9. The van der Waals surface area contributed by atoms with Crippen LogP contribution in [0.4, 0.5) is 0 Å². The molecular formula is C19H20BrN3O5. The van der Waals surface area contributed by atoms with Crippen LogP contribution in [-0.4, -0.2) is 35.2 Å². The molecule has 2 amide bonds. The van der Waals surface area contributed by atoms with E-state index in [2.05, 4.69) is 36.5 Å². The standard InChI is InChI=1S/C19H20BrN3O5/c1-10-16(18(26)13-5-4-6-14(20)9-13)11(2)21-17(10)19(27)23-22-15(25)7-8-28-12(3)24/h4-6,9,21H,7-8H2,1-3H3,(H,22,25)(H,23,27). The van der Waals surface area contributed by atoms with Gasteiger partial charge >= 0.3 is 5.97 Å². The summed E-state index contributed by atoms with van der Waals surface area (Å²) in [4.78, 5) is 50.4. The normalized spacial score (nSPS) is 10.3. The van der Waals surface area contributed by atoms with Crippen molar-refractivity contribution in [2.24, 2.45) is 0 Å². The fourth-order valence-corrected chi connectivity index (χ4v) is 3.03. The first-order chi connectivity index (χ1) is 13.2. The van der Waals surface area contributed by atoms with Crippen LogP contribution in [0.2, 0.25) is 0 Å². The number of esters is 1. The smallest absolute Gasteiger partial charge is 0.302 e. The number of carbonyl (C=O) groups is 4. The first-order valence-corrected chi connectivity index (χ1v) is 9.22. The van der Waals surface area contributed by atoms with E-state index in [-0.39, 0.29) is 24.5 Å². The van der Waals surface area contributed by atoms with Gasteiger partial charge in [0, 0.05) is 28.2 Å². The molecule has 0 aliphatic rings. The molecule has 0 saturated carbocycles. The number of ketones is 1. The van der Waals surface area contributed by atoms with Crippen molar-refractivity contribution in [1.29, 1.82) is 0 Å². The van der Waals surface area contributed by atoms with E-state index in [0.717, 1.165) is 4.47 Å². The number of nitrogens with one attached hydrogen (secondary N) is 3. The molecule has 0 saturated heterocycles. The number of aromatic amines is 1. The Labute approximate surface area is 170 Å². The molecule has 2 aromatic rings. The molecule has 28 heavy (non-hydrogen) atoms. The van der Waals surface area contributed by atoms with Gasteiger partial charge in [0.15, 0.2) is 5.78 Å². The molecule has 0 radical (unpaired) electrons. The molecule has 9 heteroatoms. The molecule has 148 valence electrons. The van der Waals surface area contributed by atoms with Crippen molar-refractivity contribution in [3.8, 4) is 0 Å². The van der Waals surface area contributed by atoms with Crippen LogP contribution in [0.1, 0.15) is 51.0 Å². The lowest BCUT2D eigenvalue weighted by Crippen LogP contribution is -2.42. The average Bonchev–Trinajstić information content (AvgIpc) is 2.93. The average molecular weight is 450 g/mol. The van der Waals surface area contributed by atoms with Gasteiger partial charge in [0.1, 0.15) is 12.3 Å². The van der Waals surface area contributed by atoms with Crippen molar-refractivity contribution in [1.82, 2.24) is 15.8 Å². The third-order valence-corrected chi connectivity index (χ3v) is 4.42. The van der Waals surface area contributed by atoms with Gasteiger partial charge in [-0.3, -0.25) is 30.0 Å². The minimum atomic E-state index is -0.588. The molecule has 8 nitrogen and oxygen atoms in total. The van der Waals surface area contributed by atoms with Gasteiger partial charge in [-0.25, -0.2) is 0 Å². The third-order valence-electron chi connectivity index (χ3n) is 3.93. The van der Waals surface area contributed by atoms with Crippen LogP contribution in [-0.2, 0) is 14.3 Å². The Kier molecular flexibility index (Phi) is 7.11. The van der Waals surface area contributed by atoms with E-state index in [1.165, 1.54) is 6.92 Å². The van der Waals surface area contributed by atoms with Gasteiger partial charge in [-0.15, -0.1) is 0 Å². The number of hydrogen-bond donors (Lipinski definition) is 3.